The normalized spacial score (nSPS) is 20.6. The zero-order valence-corrected chi connectivity index (χ0v) is 17.5. The van der Waals surface area contributed by atoms with Crippen molar-refractivity contribution in [3.8, 4) is 11.3 Å². The lowest BCUT2D eigenvalue weighted by Crippen LogP contribution is -2.46. The van der Waals surface area contributed by atoms with E-state index in [4.69, 9.17) is 32.8 Å². The van der Waals surface area contributed by atoms with Gasteiger partial charge in [0.2, 0.25) is 0 Å². The van der Waals surface area contributed by atoms with E-state index in [1.165, 1.54) is 10.5 Å². The number of hydrogen-bond donors (Lipinski definition) is 1. The molecule has 5 nitrogen and oxygen atoms in total. The first-order chi connectivity index (χ1) is 14.0. The van der Waals surface area contributed by atoms with Gasteiger partial charge in [-0.2, -0.15) is 0 Å². The summed E-state index contributed by atoms with van der Waals surface area (Å²) in [6.45, 7) is 1.26. The molecule has 1 aromatic heterocycles. The van der Waals surface area contributed by atoms with Crippen molar-refractivity contribution in [3.05, 3.63) is 45.1 Å². The fourth-order valence-electron chi connectivity index (χ4n) is 4.74. The van der Waals surface area contributed by atoms with Gasteiger partial charge in [-0.25, -0.2) is 4.79 Å². The molecule has 1 aromatic carbocycles. The highest BCUT2D eigenvalue weighted by atomic mass is 35.5. The van der Waals surface area contributed by atoms with Crippen molar-refractivity contribution in [1.29, 1.82) is 0 Å². The number of aromatic nitrogens is 1. The second kappa shape index (κ2) is 7.06. The molecule has 1 spiro atoms. The van der Waals surface area contributed by atoms with E-state index in [-0.39, 0.29) is 5.41 Å². The van der Waals surface area contributed by atoms with Crippen LogP contribution in [0.3, 0.4) is 0 Å². The molecule has 2 saturated carbocycles. The van der Waals surface area contributed by atoms with Crippen LogP contribution in [0.4, 0.5) is 4.79 Å². The van der Waals surface area contributed by atoms with Gasteiger partial charge in [-0.15, -0.1) is 0 Å². The van der Waals surface area contributed by atoms with Gasteiger partial charge in [-0.1, -0.05) is 40.0 Å². The van der Waals surface area contributed by atoms with Crippen LogP contribution in [0.25, 0.3) is 17.3 Å². The largest absolute Gasteiger partial charge is 0.465 e. The maximum Gasteiger partial charge on any atom is 0.407 e. The molecule has 29 heavy (non-hydrogen) atoms. The van der Waals surface area contributed by atoms with E-state index in [1.807, 2.05) is 18.2 Å². The van der Waals surface area contributed by atoms with E-state index in [2.05, 4.69) is 11.2 Å². The highest BCUT2D eigenvalue weighted by molar-refractivity contribution is 6.39. The van der Waals surface area contributed by atoms with E-state index in [9.17, 15) is 4.79 Å². The van der Waals surface area contributed by atoms with Gasteiger partial charge in [0.15, 0.2) is 0 Å². The zero-order valence-electron chi connectivity index (χ0n) is 16.0. The van der Waals surface area contributed by atoms with Crippen molar-refractivity contribution >= 4 is 35.4 Å². The van der Waals surface area contributed by atoms with Gasteiger partial charge in [0.1, 0.15) is 11.5 Å². The summed E-state index contributed by atoms with van der Waals surface area (Å²) in [4.78, 5) is 12.7. The number of rotatable bonds is 3. The Hall–Kier alpha value is -1.98. The minimum absolute atomic E-state index is 0.247. The topological polar surface area (TPSA) is 66.6 Å². The molecule has 1 N–H and O–H groups in total. The number of carboxylic acid groups (broad SMARTS) is 1. The predicted molar refractivity (Wildman–Crippen MR) is 112 cm³/mol. The Bertz CT molecular complexity index is 971. The number of halogens is 2. The summed E-state index contributed by atoms with van der Waals surface area (Å²) in [6, 6.07) is 5.47. The monoisotopic (exact) mass is 432 g/mol. The third kappa shape index (κ3) is 3.44. The number of benzene rings is 1. The average molecular weight is 433 g/mol. The molecular formula is C22H22Cl2N2O3. The second-order valence-electron chi connectivity index (χ2n) is 8.61. The van der Waals surface area contributed by atoms with Crippen molar-refractivity contribution < 1.29 is 14.4 Å². The van der Waals surface area contributed by atoms with Gasteiger partial charge in [-0.05, 0) is 62.1 Å². The average Bonchev–Trinajstić information content (AvgIpc) is 3.43. The zero-order chi connectivity index (χ0) is 20.2. The van der Waals surface area contributed by atoms with Crippen molar-refractivity contribution in [2.24, 2.45) is 5.41 Å². The molecule has 2 heterocycles. The first-order valence-electron chi connectivity index (χ1n) is 10.1. The molecule has 0 atom stereocenters. The Morgan fingerprint density at radius 1 is 1.21 bits per heavy atom. The molecule has 7 heteroatoms. The molecular weight excluding hydrogens is 411 g/mol. The van der Waals surface area contributed by atoms with Crippen molar-refractivity contribution in [1.82, 2.24) is 10.1 Å². The number of hydrogen-bond acceptors (Lipinski definition) is 3. The van der Waals surface area contributed by atoms with Crippen LogP contribution in [0, 0.1) is 5.41 Å². The SMILES string of the molecule is O=C(O)N1CCC2(CC1)CC(=Cc1c(-c3c(Cl)cccc3Cl)noc1C1CC1)C2. The summed E-state index contributed by atoms with van der Waals surface area (Å²) >= 11 is 12.9. The highest BCUT2D eigenvalue weighted by Crippen LogP contribution is 2.54. The lowest BCUT2D eigenvalue weighted by molar-refractivity contribution is 0.0664. The molecule has 2 aliphatic carbocycles. The summed E-state index contributed by atoms with van der Waals surface area (Å²) in [6.07, 6.45) is 7.52. The van der Waals surface area contributed by atoms with Crippen LogP contribution in [-0.4, -0.2) is 34.3 Å². The standard InChI is InChI=1S/C22H22Cl2N2O3/c23-16-2-1-3-17(24)18(16)19-15(20(29-25-19)14-4-5-14)10-13-11-22(12-13)6-8-26(9-7-22)21(27)28/h1-3,10,14H,4-9,11-12H2,(H,27,28). The molecule has 5 rings (SSSR count). The third-order valence-corrected chi connectivity index (χ3v) is 7.18. The van der Waals surface area contributed by atoms with Gasteiger partial charge in [-0.3, -0.25) is 0 Å². The molecule has 0 unspecified atom stereocenters. The van der Waals surface area contributed by atoms with Crippen LogP contribution in [0.2, 0.25) is 10.0 Å². The molecule has 152 valence electrons. The molecule has 3 aliphatic rings. The summed E-state index contributed by atoms with van der Waals surface area (Å²) in [5.74, 6) is 1.36. The van der Waals surface area contributed by atoms with Gasteiger partial charge >= 0.3 is 6.09 Å². The van der Waals surface area contributed by atoms with Gasteiger partial charge in [0.05, 0.1) is 10.0 Å². The second-order valence-corrected chi connectivity index (χ2v) is 9.42. The summed E-state index contributed by atoms with van der Waals surface area (Å²) in [5.41, 5.74) is 4.06. The Morgan fingerprint density at radius 2 is 1.86 bits per heavy atom. The van der Waals surface area contributed by atoms with Crippen molar-refractivity contribution in [2.45, 2.75) is 44.4 Å². The van der Waals surface area contributed by atoms with E-state index in [0.29, 0.717) is 29.1 Å². The number of allylic oxidation sites excluding steroid dienone is 1. The Labute approximate surface area is 179 Å². The van der Waals surface area contributed by atoms with Gasteiger partial charge in [0.25, 0.3) is 0 Å². The minimum atomic E-state index is -0.810. The molecule has 1 amide bonds. The van der Waals surface area contributed by atoms with Crippen molar-refractivity contribution in [2.75, 3.05) is 13.1 Å². The van der Waals surface area contributed by atoms with Gasteiger partial charge < -0.3 is 14.5 Å². The maximum absolute atomic E-state index is 11.2. The quantitative estimate of drug-likeness (QED) is 0.603. The van der Waals surface area contributed by atoms with Gasteiger partial charge in [0, 0.05) is 30.1 Å². The van der Waals surface area contributed by atoms with Crippen LogP contribution in [0.1, 0.15) is 55.8 Å². The molecule has 0 radical (unpaired) electrons. The van der Waals surface area contributed by atoms with E-state index in [1.54, 1.807) is 0 Å². The fraction of sp³-hybridized carbons (Fsp3) is 0.455. The number of amides is 1. The van der Waals surface area contributed by atoms with E-state index < -0.39 is 6.09 Å². The minimum Gasteiger partial charge on any atom is -0.465 e. The number of piperidine rings is 1. The Balaban J connectivity index is 1.42. The highest BCUT2D eigenvalue weighted by Gasteiger charge is 2.44. The first-order valence-corrected chi connectivity index (χ1v) is 10.8. The van der Waals surface area contributed by atoms with E-state index in [0.717, 1.165) is 61.1 Å². The summed E-state index contributed by atoms with van der Waals surface area (Å²) < 4.78 is 5.75. The predicted octanol–water partition coefficient (Wildman–Crippen LogP) is 6.46. The number of nitrogens with zero attached hydrogens (tertiary/aromatic N) is 2. The van der Waals surface area contributed by atoms with Crippen LogP contribution in [-0.2, 0) is 0 Å². The third-order valence-electron chi connectivity index (χ3n) is 6.55. The smallest absolute Gasteiger partial charge is 0.407 e. The maximum atomic E-state index is 11.2. The summed E-state index contributed by atoms with van der Waals surface area (Å²) in [5, 5.41) is 14.7. The molecule has 1 aliphatic heterocycles. The molecule has 0 bridgehead atoms. The Kier molecular flexibility index (Phi) is 4.63. The van der Waals surface area contributed by atoms with Crippen LogP contribution < -0.4 is 0 Å². The van der Waals surface area contributed by atoms with E-state index >= 15 is 0 Å². The van der Waals surface area contributed by atoms with Crippen LogP contribution in [0.15, 0.2) is 28.3 Å². The lowest BCUT2D eigenvalue weighted by atomic mass is 9.60. The van der Waals surface area contributed by atoms with Crippen LogP contribution in [0.5, 0.6) is 0 Å². The first kappa shape index (κ1) is 19.0. The summed E-state index contributed by atoms with van der Waals surface area (Å²) in [7, 11) is 0. The fourth-order valence-corrected chi connectivity index (χ4v) is 5.31. The molecule has 3 fully saturated rings. The molecule has 2 aromatic rings. The van der Waals surface area contributed by atoms with Crippen LogP contribution >= 0.6 is 23.2 Å². The molecule has 1 saturated heterocycles. The van der Waals surface area contributed by atoms with Crippen molar-refractivity contribution in [3.63, 3.8) is 0 Å². The Morgan fingerprint density at radius 3 is 2.45 bits per heavy atom. The lowest BCUT2D eigenvalue weighted by Gasteiger charge is -2.49. The number of likely N-dealkylation sites (tertiary alicyclic amines) is 1. The number of carbonyl (C=O) groups is 1.